The van der Waals surface area contributed by atoms with Gasteiger partial charge in [-0.3, -0.25) is 13.9 Å². The number of para-hydroxylation sites is 1. The van der Waals surface area contributed by atoms with Crippen molar-refractivity contribution in [3.63, 3.8) is 0 Å². The first-order valence-electron chi connectivity index (χ1n) is 13.2. The van der Waals surface area contributed by atoms with E-state index in [4.69, 9.17) is 23.2 Å². The molecule has 0 spiro atoms. The number of nitrogens with one attached hydrogen (secondary N) is 1. The van der Waals surface area contributed by atoms with Crippen molar-refractivity contribution < 1.29 is 18.0 Å². The first kappa shape index (κ1) is 31.5. The van der Waals surface area contributed by atoms with Crippen molar-refractivity contribution >= 4 is 50.7 Å². The van der Waals surface area contributed by atoms with Crippen LogP contribution in [0, 0.1) is 6.92 Å². The number of hydrogen-bond acceptors (Lipinski definition) is 4. The van der Waals surface area contributed by atoms with Crippen LogP contribution in [-0.2, 0) is 32.6 Å². The fourth-order valence-electron chi connectivity index (χ4n) is 4.22. The molecule has 3 rings (SSSR count). The molecule has 0 heterocycles. The third kappa shape index (κ3) is 7.56. The molecule has 1 N–H and O–H groups in total. The topological polar surface area (TPSA) is 86.8 Å². The van der Waals surface area contributed by atoms with Crippen LogP contribution in [0.1, 0.15) is 43.9 Å². The van der Waals surface area contributed by atoms with Gasteiger partial charge in [0.15, 0.2) is 0 Å². The standard InChI is InChI=1S/C30H35Cl2N3O4S/c1-5-17-33-30(37)22(4)34(19-24-13-14-25(31)18-27(24)32)29(36)20-35(28-10-8-7-9-23(28)6-2)40(38,39)26-15-11-21(3)12-16-26/h7-16,18,22H,5-6,17,19-20H2,1-4H3,(H,33,37). The molecule has 0 saturated heterocycles. The second-order valence-corrected chi connectivity index (χ2v) is 12.2. The molecule has 0 bridgehead atoms. The molecule has 0 aliphatic rings. The van der Waals surface area contributed by atoms with Gasteiger partial charge in [-0.15, -0.1) is 0 Å². The zero-order valence-corrected chi connectivity index (χ0v) is 25.5. The summed E-state index contributed by atoms with van der Waals surface area (Å²) in [6, 6.07) is 17.6. The molecule has 0 aliphatic heterocycles. The van der Waals surface area contributed by atoms with Crippen LogP contribution in [-0.4, -0.2) is 44.3 Å². The van der Waals surface area contributed by atoms with Crippen LogP contribution in [0.4, 0.5) is 5.69 Å². The lowest BCUT2D eigenvalue weighted by molar-refractivity contribution is -0.139. The van der Waals surface area contributed by atoms with Crippen molar-refractivity contribution in [2.45, 2.75) is 58.0 Å². The van der Waals surface area contributed by atoms with E-state index in [0.717, 1.165) is 21.9 Å². The number of halogens is 2. The summed E-state index contributed by atoms with van der Waals surface area (Å²) in [4.78, 5) is 28.4. The molecular weight excluding hydrogens is 569 g/mol. The molecule has 2 amide bonds. The molecule has 1 unspecified atom stereocenters. The van der Waals surface area contributed by atoms with Crippen molar-refractivity contribution in [1.29, 1.82) is 0 Å². The molecule has 0 aromatic heterocycles. The fraction of sp³-hybridized carbons (Fsp3) is 0.333. The molecule has 0 fully saturated rings. The molecule has 10 heteroatoms. The Morgan fingerprint density at radius 1 is 0.950 bits per heavy atom. The van der Waals surface area contributed by atoms with Gasteiger partial charge in [-0.05, 0) is 68.1 Å². The molecular formula is C30H35Cl2N3O4S. The zero-order valence-electron chi connectivity index (χ0n) is 23.2. The van der Waals surface area contributed by atoms with Gasteiger partial charge in [0, 0.05) is 23.1 Å². The van der Waals surface area contributed by atoms with Crippen molar-refractivity contribution in [3.8, 4) is 0 Å². The van der Waals surface area contributed by atoms with E-state index >= 15 is 0 Å². The van der Waals surface area contributed by atoms with Gasteiger partial charge in [0.25, 0.3) is 10.0 Å². The first-order valence-corrected chi connectivity index (χ1v) is 15.4. The highest BCUT2D eigenvalue weighted by atomic mass is 35.5. The quantitative estimate of drug-likeness (QED) is 0.275. The van der Waals surface area contributed by atoms with Crippen LogP contribution < -0.4 is 9.62 Å². The molecule has 3 aromatic rings. The summed E-state index contributed by atoms with van der Waals surface area (Å²) in [7, 11) is -4.14. The average Bonchev–Trinajstić information content (AvgIpc) is 2.93. The number of aryl methyl sites for hydroxylation is 2. The number of carbonyl (C=O) groups is 2. The molecule has 3 aromatic carbocycles. The van der Waals surface area contributed by atoms with Crippen molar-refractivity contribution in [2.24, 2.45) is 0 Å². The lowest BCUT2D eigenvalue weighted by Crippen LogP contribution is -2.51. The minimum Gasteiger partial charge on any atom is -0.354 e. The second-order valence-electron chi connectivity index (χ2n) is 9.53. The number of hydrogen-bond donors (Lipinski definition) is 1. The molecule has 0 radical (unpaired) electrons. The molecule has 0 aliphatic carbocycles. The number of benzene rings is 3. The molecule has 7 nitrogen and oxygen atoms in total. The van der Waals surface area contributed by atoms with E-state index in [9.17, 15) is 18.0 Å². The number of sulfonamides is 1. The molecule has 1 atom stereocenters. The summed E-state index contributed by atoms with van der Waals surface area (Å²) in [5.41, 5.74) is 2.67. The molecule has 0 saturated carbocycles. The van der Waals surface area contributed by atoms with Crippen LogP contribution in [0.5, 0.6) is 0 Å². The maximum Gasteiger partial charge on any atom is 0.264 e. The number of nitrogens with zero attached hydrogens (tertiary/aromatic N) is 2. The van der Waals surface area contributed by atoms with E-state index in [2.05, 4.69) is 5.32 Å². The van der Waals surface area contributed by atoms with Gasteiger partial charge >= 0.3 is 0 Å². The van der Waals surface area contributed by atoms with Gasteiger partial charge in [-0.1, -0.05) is 79.0 Å². The normalized spacial score (nSPS) is 12.1. The Balaban J connectivity index is 2.08. The minimum absolute atomic E-state index is 0.0105. The third-order valence-corrected chi connectivity index (χ3v) is 8.96. The van der Waals surface area contributed by atoms with Gasteiger partial charge in [-0.2, -0.15) is 0 Å². The largest absolute Gasteiger partial charge is 0.354 e. The minimum atomic E-state index is -4.14. The SMILES string of the molecule is CCCNC(=O)C(C)N(Cc1ccc(Cl)cc1Cl)C(=O)CN(c1ccccc1CC)S(=O)(=O)c1ccc(C)cc1. The Morgan fingerprint density at radius 2 is 1.62 bits per heavy atom. The first-order chi connectivity index (χ1) is 19.0. The summed E-state index contributed by atoms with van der Waals surface area (Å²) in [6.07, 6.45) is 1.29. The summed E-state index contributed by atoms with van der Waals surface area (Å²) in [6.45, 7) is 7.27. The third-order valence-electron chi connectivity index (χ3n) is 6.60. The van der Waals surface area contributed by atoms with E-state index in [1.54, 1.807) is 49.4 Å². The van der Waals surface area contributed by atoms with Crippen molar-refractivity contribution in [3.05, 3.63) is 93.5 Å². The Hall–Kier alpha value is -3.07. The number of amides is 2. The van der Waals surface area contributed by atoms with Crippen LogP contribution >= 0.6 is 23.2 Å². The van der Waals surface area contributed by atoms with E-state index in [1.165, 1.54) is 17.0 Å². The maximum absolute atomic E-state index is 14.0. The smallest absolute Gasteiger partial charge is 0.264 e. The maximum atomic E-state index is 14.0. The monoisotopic (exact) mass is 603 g/mol. The van der Waals surface area contributed by atoms with Gasteiger partial charge in [0.2, 0.25) is 11.8 Å². The number of rotatable bonds is 12. The lowest BCUT2D eigenvalue weighted by Gasteiger charge is -2.32. The van der Waals surface area contributed by atoms with Crippen molar-refractivity contribution in [2.75, 3.05) is 17.4 Å². The van der Waals surface area contributed by atoms with Gasteiger partial charge in [0.1, 0.15) is 12.6 Å². The lowest BCUT2D eigenvalue weighted by atomic mass is 10.1. The highest BCUT2D eigenvalue weighted by molar-refractivity contribution is 7.92. The fourth-order valence-corrected chi connectivity index (χ4v) is 6.14. The van der Waals surface area contributed by atoms with Crippen molar-refractivity contribution in [1.82, 2.24) is 10.2 Å². The van der Waals surface area contributed by atoms with E-state index in [-0.39, 0.29) is 17.3 Å². The highest BCUT2D eigenvalue weighted by Crippen LogP contribution is 2.29. The zero-order chi connectivity index (χ0) is 29.4. The second kappa shape index (κ2) is 14.0. The predicted molar refractivity (Wildman–Crippen MR) is 161 cm³/mol. The van der Waals surface area contributed by atoms with Crippen LogP contribution in [0.15, 0.2) is 71.6 Å². The van der Waals surface area contributed by atoms with E-state index in [1.807, 2.05) is 32.9 Å². The molecule has 214 valence electrons. The summed E-state index contributed by atoms with van der Waals surface area (Å²) >= 11 is 12.5. The van der Waals surface area contributed by atoms with Gasteiger partial charge in [0.05, 0.1) is 10.6 Å². The Kier molecular flexibility index (Phi) is 11.0. The summed E-state index contributed by atoms with van der Waals surface area (Å²) < 4.78 is 29.1. The van der Waals surface area contributed by atoms with E-state index in [0.29, 0.717) is 34.3 Å². The Morgan fingerprint density at radius 3 is 2.25 bits per heavy atom. The highest BCUT2D eigenvalue weighted by Gasteiger charge is 2.33. The van der Waals surface area contributed by atoms with E-state index < -0.39 is 28.5 Å². The van der Waals surface area contributed by atoms with Gasteiger partial charge < -0.3 is 10.2 Å². The van der Waals surface area contributed by atoms with Crippen LogP contribution in [0.2, 0.25) is 10.0 Å². The van der Waals surface area contributed by atoms with Crippen LogP contribution in [0.3, 0.4) is 0 Å². The summed E-state index contributed by atoms with van der Waals surface area (Å²) in [5, 5.41) is 3.60. The predicted octanol–water partition coefficient (Wildman–Crippen LogP) is 6.00. The molecule has 40 heavy (non-hydrogen) atoms. The Labute approximate surface area is 247 Å². The average molecular weight is 605 g/mol. The number of carbonyl (C=O) groups excluding carboxylic acids is 2. The number of anilines is 1. The van der Waals surface area contributed by atoms with Crippen LogP contribution in [0.25, 0.3) is 0 Å². The van der Waals surface area contributed by atoms with Gasteiger partial charge in [-0.25, -0.2) is 8.42 Å². The summed E-state index contributed by atoms with van der Waals surface area (Å²) in [5.74, 6) is -0.894. The Bertz CT molecular complexity index is 1450.